The van der Waals surface area contributed by atoms with E-state index in [0.29, 0.717) is 35.0 Å². The zero-order chi connectivity index (χ0) is 25.2. The van der Waals surface area contributed by atoms with Crippen LogP contribution in [0.1, 0.15) is 68.5 Å². The van der Waals surface area contributed by atoms with Gasteiger partial charge in [0, 0.05) is 5.56 Å². The molecule has 35 heavy (non-hydrogen) atoms. The number of aromatic nitrogens is 2. The Kier molecular flexibility index (Phi) is 7.20. The lowest BCUT2D eigenvalue weighted by Gasteiger charge is -2.20. The standard InChI is InChI=1S/C29H33FN2O3/c1-18-8-11-25(30)24(12-18)28-26(15-29(2,3)4)32-21(16-31-28)17-35-22-7-5-6-20(13-22)23(14-27(33)34)19-9-10-19/h5-8,11-13,16,19,23H,9-10,14-15,17H2,1-4H3,(H,33,34)/t23-/m0/s1. The van der Waals surface area contributed by atoms with Gasteiger partial charge in [0.1, 0.15) is 18.2 Å². The van der Waals surface area contributed by atoms with E-state index in [1.54, 1.807) is 18.3 Å². The molecule has 0 unspecified atom stereocenters. The smallest absolute Gasteiger partial charge is 0.303 e. The minimum absolute atomic E-state index is 0.0118. The van der Waals surface area contributed by atoms with Crippen LogP contribution in [-0.4, -0.2) is 21.0 Å². The molecular formula is C29H33FN2O3. The maximum absolute atomic E-state index is 14.7. The average molecular weight is 477 g/mol. The molecule has 0 aliphatic heterocycles. The third kappa shape index (κ3) is 6.65. The maximum atomic E-state index is 14.7. The van der Waals surface area contributed by atoms with Crippen LogP contribution in [0.15, 0.2) is 48.7 Å². The Labute approximate surface area is 206 Å². The van der Waals surface area contributed by atoms with Crippen LogP contribution in [0.3, 0.4) is 0 Å². The van der Waals surface area contributed by atoms with E-state index in [0.717, 1.165) is 29.7 Å². The Morgan fingerprint density at radius 2 is 1.97 bits per heavy atom. The second-order valence-electron chi connectivity index (χ2n) is 10.8. The second kappa shape index (κ2) is 10.1. The molecule has 0 bridgehead atoms. The fourth-order valence-corrected chi connectivity index (χ4v) is 4.45. The Hall–Kier alpha value is -3.28. The SMILES string of the molecule is Cc1ccc(F)c(-c2ncc(COc3cccc([C@@H](CC(=O)O)C4CC4)c3)nc2CC(C)(C)C)c1. The molecular weight excluding hydrogens is 443 g/mol. The van der Waals surface area contributed by atoms with Crippen molar-refractivity contribution in [2.75, 3.05) is 0 Å². The molecule has 1 aliphatic carbocycles. The van der Waals surface area contributed by atoms with Gasteiger partial charge in [-0.25, -0.2) is 4.39 Å². The van der Waals surface area contributed by atoms with E-state index in [-0.39, 0.29) is 30.2 Å². The molecule has 0 radical (unpaired) electrons. The van der Waals surface area contributed by atoms with Gasteiger partial charge >= 0.3 is 5.97 Å². The summed E-state index contributed by atoms with van der Waals surface area (Å²) >= 11 is 0. The lowest BCUT2D eigenvalue weighted by molar-refractivity contribution is -0.137. The van der Waals surface area contributed by atoms with Crippen molar-refractivity contribution in [3.8, 4) is 17.0 Å². The summed E-state index contributed by atoms with van der Waals surface area (Å²) in [4.78, 5) is 20.8. The fraction of sp³-hybridized carbons (Fsp3) is 0.414. The van der Waals surface area contributed by atoms with Gasteiger partial charge in [0.05, 0.1) is 29.7 Å². The number of carbonyl (C=O) groups is 1. The summed E-state index contributed by atoms with van der Waals surface area (Å²) < 4.78 is 20.7. The van der Waals surface area contributed by atoms with Crippen molar-refractivity contribution in [1.82, 2.24) is 9.97 Å². The molecule has 1 heterocycles. The molecule has 1 saturated carbocycles. The fourth-order valence-electron chi connectivity index (χ4n) is 4.45. The van der Waals surface area contributed by atoms with Gasteiger partial charge in [-0.2, -0.15) is 0 Å². The van der Waals surface area contributed by atoms with Gasteiger partial charge in [-0.3, -0.25) is 14.8 Å². The van der Waals surface area contributed by atoms with Crippen molar-refractivity contribution in [3.63, 3.8) is 0 Å². The number of carboxylic acids is 1. The molecule has 1 atom stereocenters. The van der Waals surface area contributed by atoms with E-state index in [1.165, 1.54) is 6.07 Å². The predicted molar refractivity (Wildman–Crippen MR) is 134 cm³/mol. The van der Waals surface area contributed by atoms with Gasteiger partial charge in [-0.1, -0.05) is 44.5 Å². The molecule has 0 saturated heterocycles. The van der Waals surface area contributed by atoms with Gasteiger partial charge in [-0.15, -0.1) is 0 Å². The monoisotopic (exact) mass is 476 g/mol. The highest BCUT2D eigenvalue weighted by Gasteiger charge is 2.33. The molecule has 184 valence electrons. The minimum Gasteiger partial charge on any atom is -0.487 e. The third-order valence-corrected chi connectivity index (χ3v) is 6.23. The summed E-state index contributed by atoms with van der Waals surface area (Å²) in [7, 11) is 0. The van der Waals surface area contributed by atoms with E-state index in [1.807, 2.05) is 31.2 Å². The van der Waals surface area contributed by atoms with E-state index in [9.17, 15) is 14.3 Å². The summed E-state index contributed by atoms with van der Waals surface area (Å²) in [6.45, 7) is 8.50. The Morgan fingerprint density at radius 3 is 2.66 bits per heavy atom. The van der Waals surface area contributed by atoms with Crippen LogP contribution >= 0.6 is 0 Å². The molecule has 2 aromatic carbocycles. The third-order valence-electron chi connectivity index (χ3n) is 6.23. The van der Waals surface area contributed by atoms with Crippen LogP contribution in [0, 0.1) is 24.1 Å². The summed E-state index contributed by atoms with van der Waals surface area (Å²) in [6, 6.07) is 12.7. The van der Waals surface area contributed by atoms with E-state index < -0.39 is 5.97 Å². The van der Waals surface area contributed by atoms with Crippen LogP contribution < -0.4 is 4.74 Å². The van der Waals surface area contributed by atoms with Crippen LogP contribution in [-0.2, 0) is 17.8 Å². The van der Waals surface area contributed by atoms with Gasteiger partial charge < -0.3 is 9.84 Å². The lowest BCUT2D eigenvalue weighted by Crippen LogP contribution is -2.14. The molecule has 1 fully saturated rings. The number of benzene rings is 2. The molecule has 3 aromatic rings. The largest absolute Gasteiger partial charge is 0.487 e. The van der Waals surface area contributed by atoms with Crippen molar-refractivity contribution < 1.29 is 19.0 Å². The average Bonchev–Trinajstić information content (AvgIpc) is 3.62. The lowest BCUT2D eigenvalue weighted by atomic mass is 9.88. The second-order valence-corrected chi connectivity index (χ2v) is 10.8. The van der Waals surface area contributed by atoms with E-state index >= 15 is 0 Å². The van der Waals surface area contributed by atoms with Crippen LogP contribution in [0.25, 0.3) is 11.3 Å². The number of rotatable bonds is 9. The Bertz CT molecular complexity index is 1210. The molecule has 4 rings (SSSR count). The summed E-state index contributed by atoms with van der Waals surface area (Å²) in [5, 5.41) is 9.32. The highest BCUT2D eigenvalue weighted by atomic mass is 19.1. The Balaban J connectivity index is 1.56. The maximum Gasteiger partial charge on any atom is 0.303 e. The number of ether oxygens (including phenoxy) is 1. The molecule has 6 heteroatoms. The predicted octanol–water partition coefficient (Wildman–Crippen LogP) is 6.73. The Morgan fingerprint density at radius 1 is 1.20 bits per heavy atom. The highest BCUT2D eigenvalue weighted by molar-refractivity contribution is 5.68. The first kappa shape index (κ1) is 24.8. The van der Waals surface area contributed by atoms with Crippen LogP contribution in [0.5, 0.6) is 5.75 Å². The number of hydrogen-bond acceptors (Lipinski definition) is 4. The first-order chi connectivity index (χ1) is 16.6. The van der Waals surface area contributed by atoms with Gasteiger partial charge in [-0.05, 0) is 73.3 Å². The number of carboxylic acid groups (broad SMARTS) is 1. The zero-order valence-electron chi connectivity index (χ0n) is 20.8. The summed E-state index contributed by atoms with van der Waals surface area (Å²) in [5.74, 6) is 0.0263. The number of hydrogen-bond donors (Lipinski definition) is 1. The minimum atomic E-state index is -0.778. The first-order valence-electron chi connectivity index (χ1n) is 12.1. The van der Waals surface area contributed by atoms with Crippen molar-refractivity contribution >= 4 is 5.97 Å². The molecule has 1 aromatic heterocycles. The topological polar surface area (TPSA) is 72.3 Å². The molecule has 5 nitrogen and oxygen atoms in total. The normalized spacial score (nSPS) is 14.5. The highest BCUT2D eigenvalue weighted by Crippen LogP contribution is 2.45. The van der Waals surface area contributed by atoms with Crippen LogP contribution in [0.2, 0.25) is 0 Å². The van der Waals surface area contributed by atoms with Crippen molar-refractivity contribution in [2.45, 2.75) is 65.9 Å². The van der Waals surface area contributed by atoms with Crippen molar-refractivity contribution in [1.29, 1.82) is 0 Å². The summed E-state index contributed by atoms with van der Waals surface area (Å²) in [6.07, 6.45) is 4.56. The van der Waals surface area contributed by atoms with Crippen molar-refractivity contribution in [3.05, 3.63) is 77.0 Å². The quantitative estimate of drug-likeness (QED) is 0.371. The van der Waals surface area contributed by atoms with E-state index in [4.69, 9.17) is 9.72 Å². The number of aryl methyl sites for hydroxylation is 1. The number of halogens is 1. The van der Waals surface area contributed by atoms with Gasteiger partial charge in [0.15, 0.2) is 0 Å². The molecule has 1 aliphatic rings. The molecule has 1 N–H and O–H groups in total. The number of aliphatic carboxylic acids is 1. The molecule has 0 spiro atoms. The number of nitrogens with zero attached hydrogens (tertiary/aromatic N) is 2. The van der Waals surface area contributed by atoms with Crippen molar-refractivity contribution in [2.24, 2.45) is 11.3 Å². The van der Waals surface area contributed by atoms with Gasteiger partial charge in [0.25, 0.3) is 0 Å². The van der Waals surface area contributed by atoms with Crippen LogP contribution in [0.4, 0.5) is 4.39 Å². The van der Waals surface area contributed by atoms with Gasteiger partial charge in [0.2, 0.25) is 0 Å². The molecule has 0 amide bonds. The zero-order valence-corrected chi connectivity index (χ0v) is 20.8. The first-order valence-corrected chi connectivity index (χ1v) is 12.1. The van der Waals surface area contributed by atoms with E-state index in [2.05, 4.69) is 25.8 Å². The summed E-state index contributed by atoms with van der Waals surface area (Å²) in [5.41, 5.74) is 4.33.